The standard InChI is InChI=1S/C35H23IN4O/c36-35-31-19-17-29(39-31)33(22-8-3-1-4-9-22)27-15-13-25(37-27)24(12-7-21-41)26-14-16-28(38-26)34(23-10-5-2-6-11-23)30-18-20-32(35)40-30/h1-21,37-38H/b12-7+,25-24?,26-24?,33-27?,33-29?,34-28?,34-30?,35-31?,35-32?. The van der Waals surface area contributed by atoms with E-state index in [1.807, 2.05) is 54.6 Å². The molecule has 2 aliphatic heterocycles. The second-order valence-electron chi connectivity index (χ2n) is 9.71. The van der Waals surface area contributed by atoms with Gasteiger partial charge in [0.25, 0.3) is 0 Å². The number of carbonyl (C=O) groups is 1. The van der Waals surface area contributed by atoms with Crippen LogP contribution in [0.15, 0.2) is 91.0 Å². The first-order valence-electron chi connectivity index (χ1n) is 13.2. The monoisotopic (exact) mass is 642 g/mol. The number of benzene rings is 2. The molecule has 5 heterocycles. The molecule has 2 aliphatic rings. The van der Waals surface area contributed by atoms with Crippen LogP contribution in [-0.2, 0) is 4.79 Å². The molecule has 8 bridgehead atoms. The Morgan fingerprint density at radius 1 is 0.561 bits per heavy atom. The molecule has 7 rings (SSSR count). The molecule has 41 heavy (non-hydrogen) atoms. The predicted octanol–water partition coefficient (Wildman–Crippen LogP) is 8.81. The molecule has 0 atom stereocenters. The van der Waals surface area contributed by atoms with Crippen LogP contribution in [0.5, 0.6) is 0 Å². The van der Waals surface area contributed by atoms with Gasteiger partial charge in [0.15, 0.2) is 0 Å². The highest BCUT2D eigenvalue weighted by molar-refractivity contribution is 14.1. The third-order valence-electron chi connectivity index (χ3n) is 7.20. The minimum absolute atomic E-state index is 0.797. The summed E-state index contributed by atoms with van der Waals surface area (Å²) in [5, 5.41) is 0. The maximum Gasteiger partial charge on any atom is 0.142 e. The molecule has 2 N–H and O–H groups in total. The molecule has 5 aromatic rings. The number of H-pyrrole nitrogens is 2. The fourth-order valence-electron chi connectivity index (χ4n) is 5.33. The normalized spacial score (nSPS) is 12.3. The summed E-state index contributed by atoms with van der Waals surface area (Å²) in [7, 11) is 0. The molecule has 196 valence electrons. The topological polar surface area (TPSA) is 74.4 Å². The Morgan fingerprint density at radius 2 is 1.00 bits per heavy atom. The van der Waals surface area contributed by atoms with Gasteiger partial charge in [-0.25, -0.2) is 9.97 Å². The number of nitrogens with one attached hydrogen (secondary N) is 2. The summed E-state index contributed by atoms with van der Waals surface area (Å²) >= 11 is 2.35. The maximum atomic E-state index is 11.4. The second kappa shape index (κ2) is 10.6. The Kier molecular flexibility index (Phi) is 6.53. The van der Waals surface area contributed by atoms with Crippen molar-refractivity contribution in [2.24, 2.45) is 0 Å². The molecule has 0 saturated carbocycles. The minimum Gasteiger partial charge on any atom is -0.354 e. The first kappa shape index (κ1) is 25.2. The zero-order valence-corrected chi connectivity index (χ0v) is 24.0. The van der Waals surface area contributed by atoms with E-state index in [2.05, 4.69) is 93.3 Å². The number of halogens is 1. The molecule has 0 saturated heterocycles. The van der Waals surface area contributed by atoms with Crippen molar-refractivity contribution < 1.29 is 4.79 Å². The Balaban J connectivity index is 1.66. The smallest absolute Gasteiger partial charge is 0.142 e. The summed E-state index contributed by atoms with van der Waals surface area (Å²) in [6.45, 7) is 0. The summed E-state index contributed by atoms with van der Waals surface area (Å²) in [4.78, 5) is 28.8. The fourth-order valence-corrected chi connectivity index (χ4v) is 5.93. The summed E-state index contributed by atoms with van der Waals surface area (Å²) in [5.41, 5.74) is 12.1. The molecular weight excluding hydrogens is 619 g/mol. The molecular formula is C35H23IN4O. The van der Waals surface area contributed by atoms with E-state index in [9.17, 15) is 4.79 Å². The molecule has 0 spiro atoms. The lowest BCUT2D eigenvalue weighted by Crippen LogP contribution is -1.89. The van der Waals surface area contributed by atoms with Gasteiger partial charge in [-0.05, 0) is 94.4 Å². The third-order valence-corrected chi connectivity index (χ3v) is 8.30. The SMILES string of the molecule is O=C/C=C/c1c2ccc([nH]2)c(-c2ccccc2)c2nc(c(I)c3nc(c(-c4ccccc4)c4ccc1[nH]4)C=C3)C=C2. The third kappa shape index (κ3) is 4.66. The number of fused-ring (bicyclic) bond motifs is 8. The highest BCUT2D eigenvalue weighted by Crippen LogP contribution is 2.34. The maximum absolute atomic E-state index is 11.4. The van der Waals surface area contributed by atoms with Gasteiger partial charge in [-0.1, -0.05) is 60.7 Å². The number of aromatic nitrogens is 4. The number of aromatic amines is 2. The lowest BCUT2D eigenvalue weighted by Gasteiger charge is -2.04. The lowest BCUT2D eigenvalue weighted by atomic mass is 10.0. The van der Waals surface area contributed by atoms with Crippen LogP contribution in [0.2, 0.25) is 0 Å². The summed E-state index contributed by atoms with van der Waals surface area (Å²) in [6, 6.07) is 28.8. The van der Waals surface area contributed by atoms with Crippen molar-refractivity contribution in [1.29, 1.82) is 0 Å². The Hall–Kier alpha value is -4.82. The second-order valence-corrected chi connectivity index (χ2v) is 10.8. The van der Waals surface area contributed by atoms with Gasteiger partial charge in [-0.2, -0.15) is 0 Å². The van der Waals surface area contributed by atoms with Gasteiger partial charge >= 0.3 is 0 Å². The zero-order chi connectivity index (χ0) is 27.8. The first-order valence-corrected chi connectivity index (χ1v) is 14.3. The zero-order valence-electron chi connectivity index (χ0n) is 21.8. The average Bonchev–Trinajstić information content (AvgIpc) is 3.83. The number of aldehydes is 1. The van der Waals surface area contributed by atoms with Crippen molar-refractivity contribution in [3.05, 3.63) is 123 Å². The molecule has 0 unspecified atom stereocenters. The van der Waals surface area contributed by atoms with E-state index in [4.69, 9.17) is 9.97 Å². The van der Waals surface area contributed by atoms with Crippen molar-refractivity contribution >= 4 is 81.3 Å². The molecule has 0 fully saturated rings. The molecule has 6 heteroatoms. The van der Waals surface area contributed by atoms with Gasteiger partial charge in [0.05, 0.1) is 26.3 Å². The van der Waals surface area contributed by atoms with Crippen LogP contribution in [0.1, 0.15) is 28.3 Å². The van der Waals surface area contributed by atoms with Gasteiger partial charge in [-0.15, -0.1) is 0 Å². The molecule has 0 radical (unpaired) electrons. The van der Waals surface area contributed by atoms with Crippen LogP contribution in [-0.4, -0.2) is 26.2 Å². The number of nitrogens with zero attached hydrogens (tertiary/aromatic N) is 2. The molecule has 0 amide bonds. The predicted molar refractivity (Wildman–Crippen MR) is 178 cm³/mol. The van der Waals surface area contributed by atoms with Gasteiger partial charge in [0, 0.05) is 38.8 Å². The quantitative estimate of drug-likeness (QED) is 0.115. The Bertz CT molecular complexity index is 1930. The lowest BCUT2D eigenvalue weighted by molar-refractivity contribution is -0.104. The van der Waals surface area contributed by atoms with E-state index in [1.165, 1.54) is 6.08 Å². The molecule has 3 aromatic heterocycles. The minimum atomic E-state index is 0.797. The van der Waals surface area contributed by atoms with Crippen molar-refractivity contribution in [1.82, 2.24) is 19.9 Å². The van der Waals surface area contributed by atoms with Gasteiger partial charge in [-0.3, -0.25) is 4.79 Å². The largest absolute Gasteiger partial charge is 0.354 e. The summed E-state index contributed by atoms with van der Waals surface area (Å²) in [6.07, 6.45) is 12.4. The van der Waals surface area contributed by atoms with Gasteiger partial charge in [0.2, 0.25) is 0 Å². The van der Waals surface area contributed by atoms with Crippen LogP contribution in [0.25, 0.3) is 74.7 Å². The van der Waals surface area contributed by atoms with E-state index < -0.39 is 0 Å². The van der Waals surface area contributed by atoms with E-state index in [0.29, 0.717) is 0 Å². The van der Waals surface area contributed by atoms with Crippen LogP contribution < -0.4 is 0 Å². The average molecular weight is 643 g/mol. The number of carbonyl (C=O) groups excluding carboxylic acids is 1. The van der Waals surface area contributed by atoms with E-state index >= 15 is 0 Å². The van der Waals surface area contributed by atoms with Crippen molar-refractivity contribution in [2.75, 3.05) is 0 Å². The highest BCUT2D eigenvalue weighted by atomic mass is 127. The van der Waals surface area contributed by atoms with E-state index in [1.54, 1.807) is 0 Å². The molecule has 2 aromatic carbocycles. The van der Waals surface area contributed by atoms with Crippen LogP contribution in [0.3, 0.4) is 0 Å². The Labute approximate surface area is 250 Å². The van der Waals surface area contributed by atoms with Gasteiger partial charge in [0.1, 0.15) is 6.29 Å². The fraction of sp³-hybridized carbons (Fsp3) is 0. The molecule has 5 nitrogen and oxygen atoms in total. The van der Waals surface area contributed by atoms with Crippen LogP contribution in [0.4, 0.5) is 0 Å². The van der Waals surface area contributed by atoms with E-state index in [0.717, 1.165) is 82.5 Å². The summed E-state index contributed by atoms with van der Waals surface area (Å²) < 4.78 is 0.987. The number of hydrogen-bond acceptors (Lipinski definition) is 3. The molecule has 0 aliphatic carbocycles. The number of hydrogen-bond donors (Lipinski definition) is 2. The van der Waals surface area contributed by atoms with Crippen molar-refractivity contribution in [3.63, 3.8) is 0 Å². The van der Waals surface area contributed by atoms with Crippen LogP contribution >= 0.6 is 22.6 Å². The van der Waals surface area contributed by atoms with Crippen molar-refractivity contribution in [3.8, 4) is 22.3 Å². The van der Waals surface area contributed by atoms with Gasteiger partial charge < -0.3 is 9.97 Å². The number of allylic oxidation sites excluding steroid dienone is 1. The summed E-state index contributed by atoms with van der Waals surface area (Å²) in [5.74, 6) is 0. The number of rotatable bonds is 4. The highest BCUT2D eigenvalue weighted by Gasteiger charge is 2.16. The Morgan fingerprint density at radius 3 is 1.46 bits per heavy atom. The van der Waals surface area contributed by atoms with E-state index in [-0.39, 0.29) is 0 Å². The van der Waals surface area contributed by atoms with Crippen LogP contribution in [0, 0.1) is 3.57 Å². The van der Waals surface area contributed by atoms with Crippen molar-refractivity contribution in [2.45, 2.75) is 0 Å². The first-order chi connectivity index (χ1) is 20.2.